The molecule has 0 amide bonds. The number of hydrogen-bond acceptors (Lipinski definition) is 5. The van der Waals surface area contributed by atoms with Crippen molar-refractivity contribution in [3.05, 3.63) is 40.0 Å². The molecule has 2 N–H and O–H groups in total. The number of hydrogen-bond donors (Lipinski definition) is 2. The number of pyridine rings is 1. The predicted molar refractivity (Wildman–Crippen MR) is 109 cm³/mol. The summed E-state index contributed by atoms with van der Waals surface area (Å²) in [6.45, 7) is 5.04. The molecule has 6 nitrogen and oxygen atoms in total. The fourth-order valence-electron chi connectivity index (χ4n) is 3.03. The maximum Gasteiger partial charge on any atom is 0.434 e. The number of rotatable bonds is 5. The summed E-state index contributed by atoms with van der Waals surface area (Å²) in [5.74, 6) is 2.26. The first-order valence-corrected chi connectivity index (χ1v) is 10.4. The Bertz CT molecular complexity index is 810. The number of alkyl halides is 3. The third-order valence-corrected chi connectivity index (χ3v) is 5.70. The maximum atomic E-state index is 12.6. The normalized spacial score (nSPS) is 16.2. The lowest BCUT2D eigenvalue weighted by molar-refractivity contribution is -0.140. The molecule has 1 fully saturated rings. The first-order valence-electron chi connectivity index (χ1n) is 9.51. The molecule has 0 saturated carbocycles. The van der Waals surface area contributed by atoms with Gasteiger partial charge < -0.3 is 15.5 Å². The molecule has 0 unspecified atom stereocenters. The topological polar surface area (TPSA) is 65.4 Å². The zero-order valence-corrected chi connectivity index (χ0v) is 17.3. The van der Waals surface area contributed by atoms with Gasteiger partial charge in [0.2, 0.25) is 0 Å². The Morgan fingerprint density at radius 2 is 1.97 bits per heavy atom. The van der Waals surface area contributed by atoms with Gasteiger partial charge in [0.15, 0.2) is 11.7 Å². The molecule has 2 aromatic rings. The van der Waals surface area contributed by atoms with E-state index in [9.17, 15) is 13.2 Å². The van der Waals surface area contributed by atoms with Crippen molar-refractivity contribution in [3.63, 3.8) is 0 Å². The number of aliphatic imine (C=N–C) groups is 1. The minimum Gasteiger partial charge on any atom is -0.357 e. The van der Waals surface area contributed by atoms with Crippen molar-refractivity contribution in [1.82, 2.24) is 20.6 Å². The highest BCUT2D eigenvalue weighted by Gasteiger charge is 2.33. The molecule has 0 aromatic carbocycles. The van der Waals surface area contributed by atoms with Crippen LogP contribution in [0.4, 0.5) is 19.0 Å². The van der Waals surface area contributed by atoms with Crippen molar-refractivity contribution in [3.8, 4) is 0 Å². The molecule has 0 atom stereocenters. The number of aromatic nitrogens is 2. The van der Waals surface area contributed by atoms with Crippen molar-refractivity contribution < 1.29 is 13.2 Å². The molecule has 10 heteroatoms. The van der Waals surface area contributed by atoms with Gasteiger partial charge in [-0.3, -0.25) is 4.99 Å². The molecular formula is C19H25F3N6S. The maximum absolute atomic E-state index is 12.6. The summed E-state index contributed by atoms with van der Waals surface area (Å²) in [4.78, 5) is 14.6. The number of nitrogens with zero attached hydrogens (tertiary/aromatic N) is 4. The summed E-state index contributed by atoms with van der Waals surface area (Å²) in [5.41, 5.74) is 0.132. The summed E-state index contributed by atoms with van der Waals surface area (Å²) < 4.78 is 37.9. The predicted octanol–water partition coefficient (Wildman–Crippen LogP) is 3.66. The Hall–Kier alpha value is -2.36. The van der Waals surface area contributed by atoms with E-state index in [0.717, 1.165) is 47.1 Å². The Morgan fingerprint density at radius 1 is 1.24 bits per heavy atom. The van der Waals surface area contributed by atoms with Gasteiger partial charge in [0.05, 0.1) is 6.54 Å². The molecule has 1 aliphatic heterocycles. The van der Waals surface area contributed by atoms with E-state index in [2.05, 4.69) is 37.4 Å². The molecule has 2 aromatic heterocycles. The van der Waals surface area contributed by atoms with Crippen LogP contribution in [0.2, 0.25) is 0 Å². The van der Waals surface area contributed by atoms with Crippen LogP contribution in [0.25, 0.3) is 0 Å². The van der Waals surface area contributed by atoms with Crippen LogP contribution in [0.3, 0.4) is 0 Å². The van der Waals surface area contributed by atoms with E-state index in [-0.39, 0.29) is 6.54 Å². The Kier molecular flexibility index (Phi) is 6.94. The third-order valence-electron chi connectivity index (χ3n) is 4.85. The fourth-order valence-corrected chi connectivity index (χ4v) is 3.77. The van der Waals surface area contributed by atoms with Crippen LogP contribution in [0, 0.1) is 5.92 Å². The second-order valence-corrected chi connectivity index (χ2v) is 8.04. The fraction of sp³-hybridized carbons (Fsp3) is 0.526. The summed E-state index contributed by atoms with van der Waals surface area (Å²) >= 11 is 0.967. The van der Waals surface area contributed by atoms with Crippen LogP contribution in [0.1, 0.15) is 36.0 Å². The van der Waals surface area contributed by atoms with Gasteiger partial charge >= 0.3 is 6.18 Å². The number of anilines is 1. The standard InChI is InChI=1S/C19H25F3N6S/c1-13-5-7-28(8-6-13)16-4-3-14(9-24-16)10-25-18(23-2)26-11-17-27-15(12-29-17)19(20,21)22/h3-4,9,12-13H,5-8,10-11H2,1-2H3,(H2,23,25,26). The van der Waals surface area contributed by atoms with E-state index in [1.54, 1.807) is 7.05 Å². The molecule has 1 saturated heterocycles. The van der Waals surface area contributed by atoms with Crippen LogP contribution >= 0.6 is 11.3 Å². The number of thiazole rings is 1. The highest BCUT2D eigenvalue weighted by molar-refractivity contribution is 7.09. The quantitative estimate of drug-likeness (QED) is 0.564. The molecule has 0 bridgehead atoms. The minimum atomic E-state index is -4.42. The molecule has 1 aliphatic rings. The molecule has 158 valence electrons. The first kappa shape index (κ1) is 21.4. The summed E-state index contributed by atoms with van der Waals surface area (Å²) in [6, 6.07) is 4.05. The highest BCUT2D eigenvalue weighted by atomic mass is 32.1. The van der Waals surface area contributed by atoms with Crippen molar-refractivity contribution in [2.75, 3.05) is 25.0 Å². The Morgan fingerprint density at radius 3 is 2.55 bits per heavy atom. The average molecular weight is 427 g/mol. The van der Waals surface area contributed by atoms with Crippen molar-refractivity contribution in [1.29, 1.82) is 0 Å². The molecule has 3 rings (SSSR count). The van der Waals surface area contributed by atoms with E-state index in [1.165, 1.54) is 12.8 Å². The molecule has 29 heavy (non-hydrogen) atoms. The Balaban J connectivity index is 1.47. The number of nitrogens with one attached hydrogen (secondary N) is 2. The van der Waals surface area contributed by atoms with Gasteiger partial charge in [-0.1, -0.05) is 13.0 Å². The minimum absolute atomic E-state index is 0.172. The first-order chi connectivity index (χ1) is 13.8. The molecule has 0 aliphatic carbocycles. The van der Waals surface area contributed by atoms with Gasteiger partial charge in [-0.15, -0.1) is 11.3 Å². The smallest absolute Gasteiger partial charge is 0.357 e. The van der Waals surface area contributed by atoms with Crippen molar-refractivity contribution in [2.45, 2.75) is 39.0 Å². The number of halogens is 3. The third kappa shape index (κ3) is 6.06. The SMILES string of the molecule is CN=C(NCc1ccc(N2CCC(C)CC2)nc1)NCc1nc(C(F)(F)F)cs1. The molecule has 0 radical (unpaired) electrons. The Labute approximate surface area is 172 Å². The number of guanidine groups is 1. The lowest BCUT2D eigenvalue weighted by Crippen LogP contribution is -2.36. The summed E-state index contributed by atoms with van der Waals surface area (Å²) in [6.07, 6.45) is -0.197. The van der Waals surface area contributed by atoms with Gasteiger partial charge in [-0.05, 0) is 30.4 Å². The van der Waals surface area contributed by atoms with E-state index in [0.29, 0.717) is 17.5 Å². The number of piperidine rings is 1. The van der Waals surface area contributed by atoms with Crippen molar-refractivity contribution in [2.24, 2.45) is 10.9 Å². The van der Waals surface area contributed by atoms with Crippen LogP contribution in [0.5, 0.6) is 0 Å². The van der Waals surface area contributed by atoms with Gasteiger partial charge in [0, 0.05) is 38.3 Å². The van der Waals surface area contributed by atoms with Gasteiger partial charge in [0.1, 0.15) is 10.8 Å². The average Bonchev–Trinajstić information content (AvgIpc) is 3.19. The molecule has 3 heterocycles. The van der Waals surface area contributed by atoms with E-state index >= 15 is 0 Å². The summed E-state index contributed by atoms with van der Waals surface area (Å²) in [7, 11) is 1.61. The molecule has 0 spiro atoms. The lowest BCUT2D eigenvalue weighted by Gasteiger charge is -2.31. The molecular weight excluding hydrogens is 401 g/mol. The summed E-state index contributed by atoms with van der Waals surface area (Å²) in [5, 5.41) is 7.48. The van der Waals surface area contributed by atoms with Gasteiger partial charge in [-0.2, -0.15) is 13.2 Å². The second kappa shape index (κ2) is 9.43. The van der Waals surface area contributed by atoms with Gasteiger partial charge in [-0.25, -0.2) is 9.97 Å². The zero-order valence-electron chi connectivity index (χ0n) is 16.5. The van der Waals surface area contributed by atoms with Crippen LogP contribution in [-0.4, -0.2) is 36.1 Å². The zero-order chi connectivity index (χ0) is 20.9. The second-order valence-electron chi connectivity index (χ2n) is 7.10. The van der Waals surface area contributed by atoms with Crippen LogP contribution < -0.4 is 15.5 Å². The van der Waals surface area contributed by atoms with Crippen LogP contribution in [0.15, 0.2) is 28.7 Å². The van der Waals surface area contributed by atoms with Crippen molar-refractivity contribution >= 4 is 23.1 Å². The van der Waals surface area contributed by atoms with E-state index in [4.69, 9.17) is 0 Å². The monoisotopic (exact) mass is 426 g/mol. The van der Waals surface area contributed by atoms with Gasteiger partial charge in [0.25, 0.3) is 0 Å². The lowest BCUT2D eigenvalue weighted by atomic mass is 9.99. The van der Waals surface area contributed by atoms with Crippen LogP contribution in [-0.2, 0) is 19.3 Å². The van der Waals surface area contributed by atoms with E-state index < -0.39 is 11.9 Å². The highest BCUT2D eigenvalue weighted by Crippen LogP contribution is 2.29. The van der Waals surface area contributed by atoms with E-state index in [1.807, 2.05) is 18.3 Å². The largest absolute Gasteiger partial charge is 0.434 e.